The van der Waals surface area contributed by atoms with Crippen LogP contribution in [-0.2, 0) is 16.2 Å². The fourth-order valence-electron chi connectivity index (χ4n) is 5.63. The highest BCUT2D eigenvalue weighted by Crippen LogP contribution is 2.43. The summed E-state index contributed by atoms with van der Waals surface area (Å²) in [5, 5.41) is 11.6. The Hall–Kier alpha value is -4.50. The molecule has 0 aromatic heterocycles. The lowest BCUT2D eigenvalue weighted by atomic mass is 9.94. The molecule has 5 rings (SSSR count). The number of ether oxygens (including phenoxy) is 4. The van der Waals surface area contributed by atoms with Crippen LogP contribution in [0.15, 0.2) is 72.3 Å². The third kappa shape index (κ3) is 6.68. The van der Waals surface area contributed by atoms with Crippen molar-refractivity contribution in [2.24, 2.45) is 0 Å². The maximum atomic E-state index is 13.6. The molecule has 2 aliphatic heterocycles. The van der Waals surface area contributed by atoms with E-state index in [1.54, 1.807) is 35.2 Å². The number of ketones is 1. The SMILES string of the molecule is CCOc1cc([C@@H]2C(=C(O)c3ccc4c(c3)OCCO4)C(=O)C(=O)N2CCCN(CC)CC)ccc1OCc1ccccc1. The van der Waals surface area contributed by atoms with Gasteiger partial charge in [-0.25, -0.2) is 0 Å². The van der Waals surface area contributed by atoms with Crippen LogP contribution in [0.2, 0.25) is 0 Å². The lowest BCUT2D eigenvalue weighted by molar-refractivity contribution is -0.140. The fourth-order valence-corrected chi connectivity index (χ4v) is 5.63. The van der Waals surface area contributed by atoms with Gasteiger partial charge in [0.15, 0.2) is 23.0 Å². The molecule has 1 atom stereocenters. The minimum absolute atomic E-state index is 0.0231. The normalized spacial score (nSPS) is 17.3. The van der Waals surface area contributed by atoms with Gasteiger partial charge < -0.3 is 33.9 Å². The van der Waals surface area contributed by atoms with Gasteiger partial charge in [-0.3, -0.25) is 9.59 Å². The number of nitrogens with zero attached hydrogens (tertiary/aromatic N) is 2. The fraction of sp³-hybridized carbons (Fsp3) is 0.371. The number of fused-ring (bicyclic) bond motifs is 1. The molecule has 0 unspecified atom stereocenters. The Kier molecular flexibility index (Phi) is 10.1. The van der Waals surface area contributed by atoms with E-state index in [1.807, 2.05) is 43.3 Å². The molecule has 2 heterocycles. The summed E-state index contributed by atoms with van der Waals surface area (Å²) in [4.78, 5) is 31.0. The Labute approximate surface area is 258 Å². The van der Waals surface area contributed by atoms with E-state index in [1.165, 1.54) is 0 Å². The summed E-state index contributed by atoms with van der Waals surface area (Å²) in [7, 11) is 0. The van der Waals surface area contributed by atoms with Gasteiger partial charge in [0.1, 0.15) is 25.6 Å². The van der Waals surface area contributed by atoms with Crippen LogP contribution < -0.4 is 18.9 Å². The molecule has 3 aromatic carbocycles. The number of Topliss-reactive ketones (excluding diaryl/α,β-unsaturated/α-hetero) is 1. The van der Waals surface area contributed by atoms with E-state index < -0.39 is 17.7 Å². The van der Waals surface area contributed by atoms with E-state index >= 15 is 0 Å². The Bertz CT molecular complexity index is 1500. The Balaban J connectivity index is 1.53. The average molecular weight is 601 g/mol. The highest BCUT2D eigenvalue weighted by Gasteiger charge is 2.46. The van der Waals surface area contributed by atoms with Crippen LogP contribution in [0.1, 0.15) is 49.9 Å². The number of aliphatic hydroxyl groups excluding tert-OH is 1. The highest BCUT2D eigenvalue weighted by atomic mass is 16.6. The summed E-state index contributed by atoms with van der Waals surface area (Å²) in [6.07, 6.45) is 0.672. The van der Waals surface area contributed by atoms with E-state index in [2.05, 4.69) is 18.7 Å². The van der Waals surface area contributed by atoms with Gasteiger partial charge >= 0.3 is 0 Å². The molecule has 3 aromatic rings. The molecule has 0 bridgehead atoms. The molecule has 1 N–H and O–H groups in total. The van der Waals surface area contributed by atoms with Crippen molar-refractivity contribution in [3.05, 3.63) is 89.0 Å². The zero-order valence-electron chi connectivity index (χ0n) is 25.6. The summed E-state index contributed by atoms with van der Waals surface area (Å²) >= 11 is 0. The maximum Gasteiger partial charge on any atom is 0.295 e. The smallest absolute Gasteiger partial charge is 0.295 e. The quantitative estimate of drug-likeness (QED) is 0.154. The first-order valence-corrected chi connectivity index (χ1v) is 15.3. The number of hydrogen-bond donors (Lipinski definition) is 1. The second-order valence-corrected chi connectivity index (χ2v) is 10.6. The van der Waals surface area contributed by atoms with Crippen LogP contribution >= 0.6 is 0 Å². The summed E-state index contributed by atoms with van der Waals surface area (Å²) in [6.45, 7) is 10.6. The Morgan fingerprint density at radius 1 is 0.909 bits per heavy atom. The number of aliphatic hydroxyl groups is 1. The summed E-state index contributed by atoms with van der Waals surface area (Å²) in [6, 6.07) is 19.4. The number of hydrogen-bond acceptors (Lipinski definition) is 8. The first-order valence-electron chi connectivity index (χ1n) is 15.3. The van der Waals surface area contributed by atoms with E-state index in [4.69, 9.17) is 18.9 Å². The van der Waals surface area contributed by atoms with Crippen molar-refractivity contribution in [1.29, 1.82) is 0 Å². The van der Waals surface area contributed by atoms with Crippen LogP contribution in [0.5, 0.6) is 23.0 Å². The molecular weight excluding hydrogens is 560 g/mol. The van der Waals surface area contributed by atoms with Gasteiger partial charge in [-0.1, -0.05) is 50.2 Å². The molecule has 9 heteroatoms. The van der Waals surface area contributed by atoms with Crippen LogP contribution in [-0.4, -0.2) is 72.6 Å². The molecule has 2 aliphatic rings. The topological polar surface area (TPSA) is 97.8 Å². The monoisotopic (exact) mass is 600 g/mol. The van der Waals surface area contributed by atoms with Gasteiger partial charge in [-0.2, -0.15) is 0 Å². The zero-order chi connectivity index (χ0) is 31.1. The number of carbonyl (C=O) groups excluding carboxylic acids is 2. The second kappa shape index (κ2) is 14.3. The van der Waals surface area contributed by atoms with E-state index in [0.29, 0.717) is 73.5 Å². The average Bonchev–Trinajstić information content (AvgIpc) is 3.31. The van der Waals surface area contributed by atoms with Gasteiger partial charge in [0, 0.05) is 12.1 Å². The lowest BCUT2D eigenvalue weighted by Crippen LogP contribution is -2.33. The van der Waals surface area contributed by atoms with Crippen LogP contribution in [0.25, 0.3) is 5.76 Å². The number of likely N-dealkylation sites (tertiary alicyclic amines) is 1. The van der Waals surface area contributed by atoms with Crippen LogP contribution in [0.4, 0.5) is 0 Å². The molecule has 0 aliphatic carbocycles. The zero-order valence-corrected chi connectivity index (χ0v) is 25.6. The molecule has 9 nitrogen and oxygen atoms in total. The van der Waals surface area contributed by atoms with Crippen molar-refractivity contribution >= 4 is 17.4 Å². The minimum atomic E-state index is -0.817. The van der Waals surface area contributed by atoms with Gasteiger partial charge in [0.05, 0.1) is 18.2 Å². The molecule has 232 valence electrons. The van der Waals surface area contributed by atoms with E-state index in [0.717, 1.165) is 25.2 Å². The molecule has 0 spiro atoms. The number of amides is 1. The van der Waals surface area contributed by atoms with Crippen molar-refractivity contribution in [3.8, 4) is 23.0 Å². The van der Waals surface area contributed by atoms with Crippen molar-refractivity contribution in [2.75, 3.05) is 46.0 Å². The van der Waals surface area contributed by atoms with Gasteiger partial charge in [0.2, 0.25) is 0 Å². The predicted octanol–water partition coefficient (Wildman–Crippen LogP) is 5.59. The predicted molar refractivity (Wildman–Crippen MR) is 167 cm³/mol. The Morgan fingerprint density at radius 2 is 1.66 bits per heavy atom. The standard InChI is InChI=1S/C35H40N2O7/c1-4-36(5-2)17-10-18-37-32(25-13-15-28(29(21-25)41-6-3)44-23-24-11-8-7-9-12-24)31(34(39)35(37)40)33(38)26-14-16-27-30(22-26)43-20-19-42-27/h7-9,11-16,21-22,32,38H,4-6,10,17-20,23H2,1-3H3/t32-/m1/s1. The van der Waals surface area contributed by atoms with Crippen molar-refractivity contribution < 1.29 is 33.6 Å². The Morgan fingerprint density at radius 3 is 2.39 bits per heavy atom. The lowest BCUT2D eigenvalue weighted by Gasteiger charge is -2.27. The number of carbonyl (C=O) groups is 2. The van der Waals surface area contributed by atoms with E-state index in [9.17, 15) is 14.7 Å². The molecule has 1 fully saturated rings. The van der Waals surface area contributed by atoms with Gasteiger partial charge in [-0.15, -0.1) is 0 Å². The number of rotatable bonds is 13. The van der Waals surface area contributed by atoms with Crippen LogP contribution in [0.3, 0.4) is 0 Å². The molecule has 1 saturated heterocycles. The van der Waals surface area contributed by atoms with Gasteiger partial charge in [-0.05, 0) is 74.4 Å². The van der Waals surface area contributed by atoms with Crippen LogP contribution in [0, 0.1) is 0 Å². The molecule has 1 amide bonds. The summed E-state index contributed by atoms with van der Waals surface area (Å²) in [5.74, 6) is 0.443. The summed E-state index contributed by atoms with van der Waals surface area (Å²) < 4.78 is 23.4. The largest absolute Gasteiger partial charge is 0.507 e. The first kappa shape index (κ1) is 30.9. The third-order valence-corrected chi connectivity index (χ3v) is 7.94. The molecule has 0 saturated carbocycles. The van der Waals surface area contributed by atoms with E-state index in [-0.39, 0.29) is 11.3 Å². The van der Waals surface area contributed by atoms with Crippen molar-refractivity contribution in [2.45, 2.75) is 39.8 Å². The second-order valence-electron chi connectivity index (χ2n) is 10.6. The molecular formula is C35H40N2O7. The highest BCUT2D eigenvalue weighted by molar-refractivity contribution is 6.46. The molecule has 0 radical (unpaired) electrons. The first-order chi connectivity index (χ1) is 21.4. The minimum Gasteiger partial charge on any atom is -0.507 e. The maximum absolute atomic E-state index is 13.6. The van der Waals surface area contributed by atoms with Crippen molar-refractivity contribution in [3.63, 3.8) is 0 Å². The number of benzene rings is 3. The van der Waals surface area contributed by atoms with Gasteiger partial charge in [0.25, 0.3) is 11.7 Å². The summed E-state index contributed by atoms with van der Waals surface area (Å²) in [5.41, 5.74) is 2.05. The molecule has 44 heavy (non-hydrogen) atoms. The third-order valence-electron chi connectivity index (χ3n) is 7.94. The van der Waals surface area contributed by atoms with Crippen molar-refractivity contribution in [1.82, 2.24) is 9.80 Å².